The van der Waals surface area contributed by atoms with Crippen molar-refractivity contribution >= 4 is 5.97 Å². The molecule has 4 rings (SSSR count). The Labute approximate surface area is 185 Å². The molecule has 1 aromatic heterocycles. The Balaban J connectivity index is 1.44. The number of carbonyl (C=O) groups is 1. The van der Waals surface area contributed by atoms with E-state index in [9.17, 15) is 9.90 Å². The van der Waals surface area contributed by atoms with Crippen molar-refractivity contribution < 1.29 is 19.1 Å². The Bertz CT molecular complexity index is 853. The lowest BCUT2D eigenvalue weighted by Gasteiger charge is -2.42. The van der Waals surface area contributed by atoms with Crippen molar-refractivity contribution in [2.24, 2.45) is 5.92 Å². The highest BCUT2D eigenvalue weighted by atomic mass is 16.6. The summed E-state index contributed by atoms with van der Waals surface area (Å²) in [5, 5.41) is 11.7. The molecule has 2 unspecified atom stereocenters. The van der Waals surface area contributed by atoms with Gasteiger partial charge in [0.25, 0.3) is 0 Å². The zero-order chi connectivity index (χ0) is 21.7. The van der Waals surface area contributed by atoms with E-state index in [4.69, 9.17) is 4.74 Å². The number of benzene rings is 1. The minimum atomic E-state index is -1.55. The third-order valence-electron chi connectivity index (χ3n) is 7.25. The van der Waals surface area contributed by atoms with Gasteiger partial charge in [-0.1, -0.05) is 49.2 Å². The molecule has 5 heteroatoms. The van der Waals surface area contributed by atoms with Crippen LogP contribution in [0.3, 0.4) is 0 Å². The minimum Gasteiger partial charge on any atom is -0.454 e. The van der Waals surface area contributed by atoms with E-state index in [1.165, 1.54) is 0 Å². The zero-order valence-electron chi connectivity index (χ0n) is 18.6. The number of nitrogens with zero attached hydrogens (tertiary/aromatic N) is 2. The fourth-order valence-electron chi connectivity index (χ4n) is 5.40. The third-order valence-corrected chi connectivity index (χ3v) is 7.25. The smallest absolute Gasteiger partial charge is 0.343 e. The molecule has 2 aliphatic rings. The number of ether oxygens (including phenoxy) is 1. The number of aromatic nitrogens is 1. The maximum atomic E-state index is 13.4. The van der Waals surface area contributed by atoms with Gasteiger partial charge in [-0.25, -0.2) is 4.79 Å². The number of hydrogen-bond donors (Lipinski definition) is 1. The number of likely N-dealkylation sites (tertiary alicyclic amines) is 1. The number of rotatable bonds is 7. The van der Waals surface area contributed by atoms with Crippen LogP contribution in [0.4, 0.5) is 0 Å². The molecule has 1 N–H and O–H groups in total. The molecule has 1 aliphatic heterocycles. The number of carbonyl (C=O) groups excluding carboxylic acids is 1. The van der Waals surface area contributed by atoms with E-state index in [1.807, 2.05) is 48.7 Å². The minimum absolute atomic E-state index is 0.0731. The Morgan fingerprint density at radius 2 is 1.84 bits per heavy atom. The van der Waals surface area contributed by atoms with E-state index in [0.717, 1.165) is 74.8 Å². The summed E-state index contributed by atoms with van der Waals surface area (Å²) in [6.07, 6.45) is 8.30. The molecule has 2 aromatic rings. The van der Waals surface area contributed by atoms with E-state index in [-0.39, 0.29) is 12.0 Å². The Morgan fingerprint density at radius 3 is 2.55 bits per heavy atom. The number of pyridine rings is 1. The highest BCUT2D eigenvalue weighted by Crippen LogP contribution is 2.42. The molecule has 2 heterocycles. The largest absolute Gasteiger partial charge is 0.454 e. The maximum absolute atomic E-state index is 13.4. The predicted octanol–water partition coefficient (Wildman–Crippen LogP) is 3.85. The van der Waals surface area contributed by atoms with Crippen molar-refractivity contribution in [2.45, 2.75) is 56.7 Å². The number of aliphatic hydroxyl groups is 1. The number of hydrogen-bond acceptors (Lipinski definition) is 4. The summed E-state index contributed by atoms with van der Waals surface area (Å²) < 4.78 is 6.91. The van der Waals surface area contributed by atoms with Crippen LogP contribution in [0.2, 0.25) is 0 Å². The van der Waals surface area contributed by atoms with Crippen molar-refractivity contribution in [3.8, 4) is 0 Å². The van der Waals surface area contributed by atoms with Crippen LogP contribution in [0.1, 0.15) is 49.8 Å². The second kappa shape index (κ2) is 9.49. The summed E-state index contributed by atoms with van der Waals surface area (Å²) in [6.45, 7) is 2.83. The first-order chi connectivity index (χ1) is 15.0. The zero-order valence-corrected chi connectivity index (χ0v) is 18.6. The molecule has 2 fully saturated rings. The van der Waals surface area contributed by atoms with Crippen molar-refractivity contribution in [3.05, 3.63) is 66.0 Å². The first-order valence-corrected chi connectivity index (χ1v) is 11.7. The van der Waals surface area contributed by atoms with Crippen molar-refractivity contribution in [1.82, 2.24) is 4.98 Å². The monoisotopic (exact) mass is 423 g/mol. The number of quaternary nitrogens is 1. The van der Waals surface area contributed by atoms with Gasteiger partial charge in [-0.2, -0.15) is 0 Å². The van der Waals surface area contributed by atoms with Crippen molar-refractivity contribution in [2.75, 3.05) is 26.7 Å². The van der Waals surface area contributed by atoms with Gasteiger partial charge < -0.3 is 14.3 Å². The van der Waals surface area contributed by atoms with Gasteiger partial charge in [0.15, 0.2) is 11.7 Å². The van der Waals surface area contributed by atoms with E-state index >= 15 is 0 Å². The highest BCUT2D eigenvalue weighted by molar-refractivity contribution is 5.81. The molecule has 1 saturated heterocycles. The maximum Gasteiger partial charge on any atom is 0.343 e. The molecule has 0 bridgehead atoms. The average Bonchev–Trinajstić information content (AvgIpc) is 3.34. The average molecular weight is 424 g/mol. The summed E-state index contributed by atoms with van der Waals surface area (Å²) in [4.78, 5) is 17.9. The molecule has 1 aliphatic carbocycles. The molecule has 0 amide bonds. The van der Waals surface area contributed by atoms with E-state index in [1.54, 1.807) is 0 Å². The molecule has 0 radical (unpaired) electrons. The van der Waals surface area contributed by atoms with Crippen LogP contribution >= 0.6 is 0 Å². The van der Waals surface area contributed by atoms with Gasteiger partial charge in [-0.05, 0) is 37.0 Å². The van der Waals surface area contributed by atoms with Crippen LogP contribution in [0.25, 0.3) is 0 Å². The van der Waals surface area contributed by atoms with Crippen LogP contribution in [-0.2, 0) is 21.6 Å². The molecular weight excluding hydrogens is 388 g/mol. The van der Waals surface area contributed by atoms with Gasteiger partial charge in [0, 0.05) is 30.7 Å². The van der Waals surface area contributed by atoms with Gasteiger partial charge in [0.2, 0.25) is 0 Å². The van der Waals surface area contributed by atoms with Crippen molar-refractivity contribution in [1.29, 1.82) is 0 Å². The SMILES string of the molecule is C[N+]1(CCc2ccccn2)CCC[C@@H](OC(=O)C(O)(c2ccccc2)C2CCCC2)C1. The Hall–Kier alpha value is -2.24. The van der Waals surface area contributed by atoms with Crippen molar-refractivity contribution in [3.63, 3.8) is 0 Å². The predicted molar refractivity (Wildman–Crippen MR) is 120 cm³/mol. The lowest BCUT2D eigenvalue weighted by Crippen LogP contribution is -2.56. The molecular formula is C26H35N2O3+. The highest BCUT2D eigenvalue weighted by Gasteiger charge is 2.49. The summed E-state index contributed by atoms with van der Waals surface area (Å²) in [7, 11) is 2.24. The van der Waals surface area contributed by atoms with Crippen LogP contribution in [0, 0.1) is 5.92 Å². The molecule has 166 valence electrons. The van der Waals surface area contributed by atoms with Gasteiger partial charge in [-0.15, -0.1) is 0 Å². The molecule has 3 atom stereocenters. The number of likely N-dealkylation sites (N-methyl/N-ethyl adjacent to an activating group) is 1. The van der Waals surface area contributed by atoms with Gasteiger partial charge in [0.05, 0.1) is 20.1 Å². The van der Waals surface area contributed by atoms with Gasteiger partial charge in [0.1, 0.15) is 6.54 Å². The summed E-state index contributed by atoms with van der Waals surface area (Å²) >= 11 is 0. The fraction of sp³-hybridized carbons (Fsp3) is 0.538. The Morgan fingerprint density at radius 1 is 1.10 bits per heavy atom. The molecule has 0 spiro atoms. The number of piperidine rings is 1. The Kier molecular flexibility index (Phi) is 6.73. The first kappa shape index (κ1) is 22.0. The standard InChI is InChI=1S/C26H35N2O3/c1-28(19-16-23-14-7-8-17-27-23)18-9-15-24(20-28)31-25(29)26(30,22-12-5-6-13-22)21-10-3-2-4-11-21/h2-4,7-8,10-11,14,17,22,24,30H,5-6,9,12-13,15-16,18-20H2,1H3/q+1/t24-,26?,28?/m1/s1. The second-order valence-corrected chi connectivity index (χ2v) is 9.60. The van der Waals surface area contributed by atoms with Crippen LogP contribution in [0.5, 0.6) is 0 Å². The molecule has 31 heavy (non-hydrogen) atoms. The molecule has 1 saturated carbocycles. The van der Waals surface area contributed by atoms with Crippen LogP contribution < -0.4 is 0 Å². The fourth-order valence-corrected chi connectivity index (χ4v) is 5.40. The van der Waals surface area contributed by atoms with E-state index in [2.05, 4.69) is 18.1 Å². The number of esters is 1. The van der Waals surface area contributed by atoms with Crippen LogP contribution in [-0.4, -0.2) is 53.3 Å². The van der Waals surface area contributed by atoms with Gasteiger partial charge >= 0.3 is 5.97 Å². The van der Waals surface area contributed by atoms with E-state index < -0.39 is 11.6 Å². The first-order valence-electron chi connectivity index (χ1n) is 11.7. The molecule has 5 nitrogen and oxygen atoms in total. The topological polar surface area (TPSA) is 59.4 Å². The van der Waals surface area contributed by atoms with Crippen LogP contribution in [0.15, 0.2) is 54.7 Å². The lowest BCUT2D eigenvalue weighted by atomic mass is 9.80. The summed E-state index contributed by atoms with van der Waals surface area (Å²) in [5.74, 6) is -0.537. The quantitative estimate of drug-likeness (QED) is 0.543. The molecule has 1 aromatic carbocycles. The van der Waals surface area contributed by atoms with E-state index in [0.29, 0.717) is 5.56 Å². The lowest BCUT2D eigenvalue weighted by molar-refractivity contribution is -0.916. The van der Waals surface area contributed by atoms with Gasteiger partial charge in [-0.3, -0.25) is 4.98 Å². The summed E-state index contributed by atoms with van der Waals surface area (Å²) in [5.41, 5.74) is 0.211. The summed E-state index contributed by atoms with van der Waals surface area (Å²) in [6, 6.07) is 15.4. The normalized spacial score (nSPS) is 26.3. The second-order valence-electron chi connectivity index (χ2n) is 9.60. The third kappa shape index (κ3) is 4.99.